The van der Waals surface area contributed by atoms with E-state index in [0.717, 1.165) is 40.8 Å². The lowest BCUT2D eigenvalue weighted by Crippen LogP contribution is -2.05. The topological polar surface area (TPSA) is 58.6 Å². The van der Waals surface area contributed by atoms with Crippen LogP contribution in [-0.2, 0) is 22.6 Å². The van der Waals surface area contributed by atoms with Crippen molar-refractivity contribution >= 4 is 22.9 Å². The Hall–Kier alpha value is -2.59. The Bertz CT molecular complexity index is 867. The number of aryl methyl sites for hydroxylation is 2. The molecule has 4 heteroatoms. The number of carbonyl (C=O) groups excluding carboxylic acids is 1. The Morgan fingerprint density at radius 2 is 2.04 bits per heavy atom. The van der Waals surface area contributed by atoms with Gasteiger partial charge < -0.3 is 15.2 Å². The molecule has 0 saturated carbocycles. The van der Waals surface area contributed by atoms with Crippen LogP contribution in [0.4, 0.5) is 5.69 Å². The number of aliphatic hydroxyl groups is 1. The fourth-order valence-electron chi connectivity index (χ4n) is 3.37. The summed E-state index contributed by atoms with van der Waals surface area (Å²) in [5.41, 5.74) is 6.75. The van der Waals surface area contributed by atoms with Gasteiger partial charge in [0.2, 0.25) is 0 Å². The summed E-state index contributed by atoms with van der Waals surface area (Å²) in [6, 6.07) is 12.1. The highest BCUT2D eigenvalue weighted by Crippen LogP contribution is 2.42. The summed E-state index contributed by atoms with van der Waals surface area (Å²) in [4.78, 5) is 12.5. The lowest BCUT2D eigenvalue weighted by molar-refractivity contribution is -0.110. The number of hydrogen-bond acceptors (Lipinski definition) is 3. The number of amides is 1. The lowest BCUT2D eigenvalue weighted by Gasteiger charge is -2.06. The van der Waals surface area contributed by atoms with Crippen molar-refractivity contribution in [3.05, 3.63) is 64.2 Å². The van der Waals surface area contributed by atoms with E-state index in [-0.39, 0.29) is 12.5 Å². The molecule has 0 aromatic heterocycles. The summed E-state index contributed by atoms with van der Waals surface area (Å²) < 4.78 is 5.90. The number of rotatable bonds is 3. The maximum atomic E-state index is 12.5. The highest BCUT2D eigenvalue weighted by Gasteiger charge is 2.32. The average Bonchev–Trinajstić information content (AvgIpc) is 3.12. The molecular formula is C20H19NO3. The molecule has 1 amide bonds. The van der Waals surface area contributed by atoms with E-state index in [9.17, 15) is 4.79 Å². The summed E-state index contributed by atoms with van der Waals surface area (Å²) in [5.74, 6) is 0.559. The van der Waals surface area contributed by atoms with Crippen LogP contribution in [0.5, 0.6) is 0 Å². The number of nitrogens with one attached hydrogen (secondary N) is 1. The molecule has 2 aliphatic heterocycles. The standard InChI is InChI=1S/C20H19NO3/c1-12-4-7-17-16(9-12)18(20(23)21-17)19-15-6-5-13(3-2-8-22)10-14(15)11-24-19/h4-7,9-10,22H,2-3,8,11H2,1H3,(H,21,23). The second-order valence-corrected chi connectivity index (χ2v) is 6.31. The van der Waals surface area contributed by atoms with Crippen molar-refractivity contribution in [3.8, 4) is 0 Å². The van der Waals surface area contributed by atoms with Crippen LogP contribution in [0.15, 0.2) is 36.4 Å². The predicted molar refractivity (Wildman–Crippen MR) is 93.3 cm³/mol. The zero-order chi connectivity index (χ0) is 16.7. The van der Waals surface area contributed by atoms with Gasteiger partial charge in [-0.2, -0.15) is 0 Å². The summed E-state index contributed by atoms with van der Waals surface area (Å²) in [6.07, 6.45) is 1.60. The lowest BCUT2D eigenvalue weighted by atomic mass is 9.97. The first-order valence-corrected chi connectivity index (χ1v) is 8.20. The molecular weight excluding hydrogens is 302 g/mol. The second-order valence-electron chi connectivity index (χ2n) is 6.31. The van der Waals surface area contributed by atoms with Crippen LogP contribution < -0.4 is 5.32 Å². The van der Waals surface area contributed by atoms with Crippen LogP contribution in [0.1, 0.15) is 34.2 Å². The Kier molecular flexibility index (Phi) is 3.62. The fourth-order valence-corrected chi connectivity index (χ4v) is 3.37. The molecule has 4 nitrogen and oxygen atoms in total. The number of aliphatic hydroxyl groups excluding tert-OH is 1. The summed E-state index contributed by atoms with van der Waals surface area (Å²) in [7, 11) is 0. The minimum atomic E-state index is -0.109. The van der Waals surface area contributed by atoms with E-state index < -0.39 is 0 Å². The molecule has 4 rings (SSSR count). The van der Waals surface area contributed by atoms with Gasteiger partial charge in [-0.1, -0.05) is 29.8 Å². The third-order valence-electron chi connectivity index (χ3n) is 4.56. The number of benzene rings is 2. The van der Waals surface area contributed by atoms with E-state index in [1.165, 1.54) is 5.56 Å². The molecule has 2 aliphatic rings. The number of anilines is 1. The smallest absolute Gasteiger partial charge is 0.260 e. The molecule has 0 saturated heterocycles. The van der Waals surface area contributed by atoms with Gasteiger partial charge in [0.25, 0.3) is 5.91 Å². The van der Waals surface area contributed by atoms with Gasteiger partial charge in [-0.15, -0.1) is 0 Å². The van der Waals surface area contributed by atoms with Crippen molar-refractivity contribution in [1.82, 2.24) is 0 Å². The van der Waals surface area contributed by atoms with Crippen LogP contribution in [0.2, 0.25) is 0 Å². The highest BCUT2D eigenvalue weighted by atomic mass is 16.5. The van der Waals surface area contributed by atoms with Gasteiger partial charge in [0, 0.05) is 29.0 Å². The molecule has 0 bridgehead atoms. The van der Waals surface area contributed by atoms with E-state index >= 15 is 0 Å². The molecule has 0 spiro atoms. The molecule has 0 fully saturated rings. The monoisotopic (exact) mass is 321 g/mol. The minimum absolute atomic E-state index is 0.109. The summed E-state index contributed by atoms with van der Waals surface area (Å²) >= 11 is 0. The first kappa shape index (κ1) is 15.0. The van der Waals surface area contributed by atoms with Crippen LogP contribution in [0.3, 0.4) is 0 Å². The normalized spacial score (nSPS) is 18.2. The van der Waals surface area contributed by atoms with Crippen molar-refractivity contribution in [2.24, 2.45) is 0 Å². The van der Waals surface area contributed by atoms with Gasteiger partial charge in [-0.05, 0) is 37.5 Å². The maximum Gasteiger partial charge on any atom is 0.260 e. The van der Waals surface area contributed by atoms with Gasteiger partial charge >= 0.3 is 0 Å². The summed E-state index contributed by atoms with van der Waals surface area (Å²) in [6.45, 7) is 2.69. The molecule has 0 atom stereocenters. The van der Waals surface area contributed by atoms with Crippen molar-refractivity contribution in [3.63, 3.8) is 0 Å². The fraction of sp³-hybridized carbons (Fsp3) is 0.250. The molecule has 2 N–H and O–H groups in total. The first-order chi connectivity index (χ1) is 11.7. The highest BCUT2D eigenvalue weighted by molar-refractivity contribution is 6.36. The Labute approximate surface area is 140 Å². The van der Waals surface area contributed by atoms with Gasteiger partial charge in [0.1, 0.15) is 12.4 Å². The third-order valence-corrected chi connectivity index (χ3v) is 4.56. The van der Waals surface area contributed by atoms with Crippen molar-refractivity contribution < 1.29 is 14.6 Å². The molecule has 24 heavy (non-hydrogen) atoms. The number of carbonyl (C=O) groups is 1. The van der Waals surface area contributed by atoms with Crippen molar-refractivity contribution in [2.45, 2.75) is 26.4 Å². The van der Waals surface area contributed by atoms with Crippen LogP contribution in [0.25, 0.3) is 11.3 Å². The zero-order valence-corrected chi connectivity index (χ0v) is 13.6. The molecule has 2 aromatic rings. The molecule has 0 aliphatic carbocycles. The van der Waals surface area contributed by atoms with Crippen molar-refractivity contribution in [1.29, 1.82) is 0 Å². The molecule has 2 aromatic carbocycles. The minimum Gasteiger partial charge on any atom is -0.487 e. The quantitative estimate of drug-likeness (QED) is 0.853. The Morgan fingerprint density at radius 1 is 1.17 bits per heavy atom. The molecule has 2 heterocycles. The van der Waals surface area contributed by atoms with Crippen LogP contribution >= 0.6 is 0 Å². The van der Waals surface area contributed by atoms with Gasteiger partial charge in [-0.3, -0.25) is 4.79 Å². The Morgan fingerprint density at radius 3 is 2.88 bits per heavy atom. The first-order valence-electron chi connectivity index (χ1n) is 8.20. The number of ether oxygens (including phenoxy) is 1. The van der Waals surface area contributed by atoms with E-state index in [2.05, 4.69) is 11.4 Å². The Balaban J connectivity index is 1.79. The molecule has 0 unspecified atom stereocenters. The van der Waals surface area contributed by atoms with E-state index in [1.54, 1.807) is 0 Å². The largest absolute Gasteiger partial charge is 0.487 e. The predicted octanol–water partition coefficient (Wildman–Crippen LogP) is 3.27. The van der Waals surface area contributed by atoms with Crippen molar-refractivity contribution in [2.75, 3.05) is 11.9 Å². The van der Waals surface area contributed by atoms with Gasteiger partial charge in [-0.25, -0.2) is 0 Å². The average molecular weight is 321 g/mol. The molecule has 0 radical (unpaired) electrons. The number of hydrogen-bond donors (Lipinski definition) is 2. The number of fused-ring (bicyclic) bond motifs is 2. The SMILES string of the molecule is Cc1ccc2c(c1)C(=C1OCc3cc(CCCO)ccc31)C(=O)N2. The van der Waals surface area contributed by atoms with E-state index in [4.69, 9.17) is 9.84 Å². The van der Waals surface area contributed by atoms with Crippen LogP contribution in [0, 0.1) is 6.92 Å². The zero-order valence-electron chi connectivity index (χ0n) is 13.6. The van der Waals surface area contributed by atoms with E-state index in [0.29, 0.717) is 17.9 Å². The molecule has 122 valence electrons. The third kappa shape index (κ3) is 2.39. The summed E-state index contributed by atoms with van der Waals surface area (Å²) in [5, 5.41) is 11.9. The van der Waals surface area contributed by atoms with E-state index in [1.807, 2.05) is 37.3 Å². The van der Waals surface area contributed by atoms with Gasteiger partial charge in [0.05, 0.1) is 5.57 Å². The van der Waals surface area contributed by atoms with Gasteiger partial charge in [0.15, 0.2) is 0 Å². The maximum absolute atomic E-state index is 12.5. The van der Waals surface area contributed by atoms with Crippen LogP contribution in [-0.4, -0.2) is 17.6 Å². The second kappa shape index (κ2) is 5.80.